The molecule has 0 amide bonds. The van der Waals surface area contributed by atoms with Crippen LogP contribution in [-0.4, -0.2) is 47.2 Å². The maximum atomic E-state index is 13.4. The third-order valence-corrected chi connectivity index (χ3v) is 9.55. The maximum Gasteiger partial charge on any atom is 0.444 e. The number of rotatable bonds is 8. The molecule has 1 aromatic rings. The summed E-state index contributed by atoms with van der Waals surface area (Å²) in [6, 6.07) is 0. The minimum absolute atomic E-state index is 0.204. The lowest BCUT2D eigenvalue weighted by molar-refractivity contribution is -0.00768. The van der Waals surface area contributed by atoms with Crippen molar-refractivity contribution < 1.29 is 51.1 Å². The summed E-state index contributed by atoms with van der Waals surface area (Å²) in [6.07, 6.45) is 1.84. The molecule has 4 atom stereocenters. The Labute approximate surface area is 170 Å². The van der Waals surface area contributed by atoms with Crippen molar-refractivity contribution in [1.82, 2.24) is 9.55 Å². The van der Waals surface area contributed by atoms with Crippen LogP contribution in [0.15, 0.2) is 27.9 Å². The summed E-state index contributed by atoms with van der Waals surface area (Å²) in [7, 11) is -12.9. The molecule has 5 N–H and O–H groups in total. The molecular weight excluding hydrogens is 499 g/mol. The van der Waals surface area contributed by atoms with Crippen molar-refractivity contribution in [2.75, 3.05) is 6.61 Å². The van der Waals surface area contributed by atoms with E-state index in [1.807, 2.05) is 4.98 Å². The van der Waals surface area contributed by atoms with Gasteiger partial charge in [0.1, 0.15) is 6.10 Å². The average molecular weight is 514 g/mol. The first kappa shape index (κ1) is 25.4. The highest BCUT2D eigenvalue weighted by Gasteiger charge is 2.66. The highest BCUT2D eigenvalue weighted by Crippen LogP contribution is 2.77. The first-order chi connectivity index (χ1) is 13.5. The van der Waals surface area contributed by atoms with E-state index in [-0.39, 0.29) is 5.56 Å². The van der Waals surface area contributed by atoms with Crippen molar-refractivity contribution in [2.45, 2.75) is 24.7 Å². The van der Waals surface area contributed by atoms with E-state index in [1.54, 1.807) is 0 Å². The van der Waals surface area contributed by atoms with Crippen molar-refractivity contribution in [2.24, 2.45) is 0 Å². The van der Waals surface area contributed by atoms with Gasteiger partial charge in [0.15, 0.2) is 6.23 Å². The van der Waals surface area contributed by atoms with Crippen molar-refractivity contribution in [3.8, 4) is 0 Å². The van der Waals surface area contributed by atoms with Crippen LogP contribution in [0, 0.1) is 6.92 Å². The largest absolute Gasteiger partial charge is 0.444 e. The van der Waals surface area contributed by atoms with E-state index in [0.717, 1.165) is 4.57 Å². The van der Waals surface area contributed by atoms with Crippen LogP contribution in [0.5, 0.6) is 0 Å². The molecule has 0 bridgehead atoms. The van der Waals surface area contributed by atoms with Crippen molar-refractivity contribution >= 4 is 33.7 Å². The van der Waals surface area contributed by atoms with Crippen LogP contribution >= 0.6 is 21.9 Å². The van der Waals surface area contributed by atoms with Crippen molar-refractivity contribution in [1.29, 1.82) is 0 Å². The van der Waals surface area contributed by atoms with E-state index >= 15 is 0 Å². The number of alkyl halides is 2. The monoisotopic (exact) mass is 514 g/mol. The second-order valence-electron chi connectivity index (χ2n) is 5.85. The molecule has 2 rings (SSSR count). The Balaban J connectivity index is 2.04. The number of aromatic nitrogens is 2. The van der Waals surface area contributed by atoms with Crippen LogP contribution in [-0.2, 0) is 34.5 Å². The number of ether oxygens (including phenoxy) is 1. The topological polar surface area (TPSA) is 198 Å². The first-order valence-electron chi connectivity index (χ1n) is 7.58. The van der Waals surface area contributed by atoms with E-state index in [1.165, 1.54) is 25.3 Å². The average Bonchev–Trinajstić information content (AvgIpc) is 3.03. The Morgan fingerprint density at radius 1 is 1.27 bits per heavy atom. The van der Waals surface area contributed by atoms with E-state index in [2.05, 4.69) is 20.6 Å². The molecular formula is C11H15F2N2O11P3S. The predicted octanol–water partition coefficient (Wildman–Crippen LogP) is 0.462. The molecule has 30 heavy (non-hydrogen) atoms. The molecule has 170 valence electrons. The molecule has 1 aliphatic rings. The summed E-state index contributed by atoms with van der Waals surface area (Å²) in [5, 5.41) is -5.53. The normalized spacial score (nSPS) is 23.8. The second kappa shape index (κ2) is 8.57. The number of aryl methyl sites for hydroxylation is 1. The van der Waals surface area contributed by atoms with Crippen LogP contribution in [0.25, 0.3) is 0 Å². The number of nitrogens with zero attached hydrogens (tertiary/aromatic N) is 1. The lowest BCUT2D eigenvalue weighted by Gasteiger charge is -2.26. The smallest absolute Gasteiger partial charge is 0.344 e. The van der Waals surface area contributed by atoms with Crippen molar-refractivity contribution in [3.63, 3.8) is 0 Å². The van der Waals surface area contributed by atoms with Crippen LogP contribution in [0.3, 0.4) is 0 Å². The van der Waals surface area contributed by atoms with Gasteiger partial charge >= 0.3 is 33.0 Å². The fourth-order valence-electron chi connectivity index (χ4n) is 2.06. The molecule has 0 spiro atoms. The second-order valence-corrected chi connectivity index (χ2v) is 12.7. The molecule has 1 aliphatic heterocycles. The Kier molecular flexibility index (Phi) is 7.24. The van der Waals surface area contributed by atoms with E-state index in [9.17, 15) is 37.3 Å². The van der Waals surface area contributed by atoms with Crippen LogP contribution < -0.4 is 11.2 Å². The molecule has 0 aliphatic carbocycles. The van der Waals surface area contributed by atoms with E-state index in [0.29, 0.717) is 0 Å². The molecule has 1 aromatic heterocycles. The molecule has 2 unspecified atom stereocenters. The highest BCUT2D eigenvalue weighted by molar-refractivity contribution is 8.08. The summed E-state index contributed by atoms with van der Waals surface area (Å²) in [5.74, 6) is 0. The minimum atomic E-state index is -6.44. The molecule has 0 saturated carbocycles. The fraction of sp³-hybridized carbons (Fsp3) is 0.455. The summed E-state index contributed by atoms with van der Waals surface area (Å²) in [5.41, 5.74) is -1.19. The Morgan fingerprint density at radius 2 is 1.87 bits per heavy atom. The summed E-state index contributed by atoms with van der Waals surface area (Å²) in [4.78, 5) is 61.2. The maximum absolute atomic E-state index is 13.4. The molecule has 0 aromatic carbocycles. The van der Waals surface area contributed by atoms with Gasteiger partial charge in [-0.05, 0) is 24.8 Å². The zero-order chi connectivity index (χ0) is 23.1. The number of hydrogen-bond acceptors (Lipinski definition) is 8. The molecule has 0 radical (unpaired) electrons. The Morgan fingerprint density at radius 3 is 2.43 bits per heavy atom. The van der Waals surface area contributed by atoms with Gasteiger partial charge in [0.05, 0.1) is 6.61 Å². The highest BCUT2D eigenvalue weighted by atomic mass is 32.5. The third-order valence-electron chi connectivity index (χ3n) is 3.53. The van der Waals surface area contributed by atoms with Gasteiger partial charge in [-0.15, -0.1) is 0 Å². The number of hydrogen-bond donors (Lipinski definition) is 5. The SMILES string of the molecule is Cc1cn([C@H]2C=C[C@@H](COP(O)(=S)OP(=O)(O)C(F)(F)P(=O)(O)O)O2)c(=O)[nH]c1=O. The molecule has 19 heteroatoms. The van der Waals surface area contributed by atoms with Gasteiger partial charge in [0.2, 0.25) is 0 Å². The van der Waals surface area contributed by atoms with E-state index in [4.69, 9.17) is 14.5 Å². The Hall–Kier alpha value is -0.890. The number of nitrogens with one attached hydrogen (secondary N) is 1. The minimum Gasteiger partial charge on any atom is -0.344 e. The van der Waals surface area contributed by atoms with Crippen LogP contribution in [0.2, 0.25) is 0 Å². The molecule has 13 nitrogen and oxygen atoms in total. The van der Waals surface area contributed by atoms with Crippen LogP contribution in [0.1, 0.15) is 11.8 Å². The zero-order valence-corrected chi connectivity index (χ0v) is 18.2. The molecule has 2 heterocycles. The lowest BCUT2D eigenvalue weighted by atomic mass is 10.3. The molecule has 0 fully saturated rings. The van der Waals surface area contributed by atoms with Gasteiger partial charge in [-0.3, -0.25) is 23.5 Å². The number of aromatic amines is 1. The standard InChI is InChI=1S/C11H15F2N2O11P3S/c1-6-4-15(10(17)14-9(6)16)8-3-2-7(25-8)5-24-29(23,30)26-28(21,22)11(12,13)27(18,19)20/h2-4,7-8H,5H2,1H3,(H,21,22)(H,23,30)(H,14,16,17)(H2,18,19,20)/t7-,8+,29?/m0/s1. The zero-order valence-electron chi connectivity index (χ0n) is 14.7. The lowest BCUT2D eigenvalue weighted by Crippen LogP contribution is -2.33. The van der Waals surface area contributed by atoms with Gasteiger partial charge in [0.25, 0.3) is 5.56 Å². The predicted molar refractivity (Wildman–Crippen MR) is 99.5 cm³/mol. The van der Waals surface area contributed by atoms with Gasteiger partial charge in [-0.2, -0.15) is 8.78 Å². The number of H-pyrrole nitrogens is 1. The van der Waals surface area contributed by atoms with Crippen molar-refractivity contribution in [3.05, 3.63) is 44.8 Å². The fourth-order valence-corrected chi connectivity index (χ4v) is 6.74. The number of halogens is 2. The van der Waals surface area contributed by atoms with E-state index < -0.39 is 57.5 Å². The quantitative estimate of drug-likeness (QED) is 0.238. The van der Waals surface area contributed by atoms with Gasteiger partial charge < -0.3 is 28.8 Å². The van der Waals surface area contributed by atoms with Gasteiger partial charge in [0, 0.05) is 11.8 Å². The first-order valence-corrected chi connectivity index (χ1v) is 13.4. The summed E-state index contributed by atoms with van der Waals surface area (Å²) in [6.45, 7) is -4.14. The Bertz CT molecular complexity index is 1110. The van der Waals surface area contributed by atoms with Crippen LogP contribution in [0.4, 0.5) is 8.78 Å². The molecule has 0 saturated heterocycles. The summed E-state index contributed by atoms with van der Waals surface area (Å²) >= 11 is 4.32. The van der Waals surface area contributed by atoms with Gasteiger partial charge in [-0.25, -0.2) is 9.11 Å². The summed E-state index contributed by atoms with van der Waals surface area (Å²) < 4.78 is 63.9. The third kappa shape index (κ3) is 5.47. The van der Waals surface area contributed by atoms with Gasteiger partial charge in [-0.1, -0.05) is 6.08 Å².